The minimum absolute atomic E-state index is 0.175. The van der Waals surface area contributed by atoms with Crippen LogP contribution >= 0.6 is 0 Å². The van der Waals surface area contributed by atoms with Crippen LogP contribution in [0.2, 0.25) is 0 Å². The van der Waals surface area contributed by atoms with Crippen molar-refractivity contribution in [1.29, 1.82) is 0 Å². The monoisotopic (exact) mass is 348 g/mol. The Morgan fingerprint density at radius 1 is 1.16 bits per heavy atom. The van der Waals surface area contributed by atoms with Crippen molar-refractivity contribution in [2.75, 3.05) is 18.5 Å². The molecule has 1 unspecified atom stereocenters. The van der Waals surface area contributed by atoms with Crippen molar-refractivity contribution >= 4 is 17.5 Å². The molecule has 1 fully saturated rings. The van der Waals surface area contributed by atoms with Gasteiger partial charge in [-0.25, -0.2) is 0 Å². The van der Waals surface area contributed by atoms with Crippen molar-refractivity contribution in [3.63, 3.8) is 0 Å². The maximum Gasteiger partial charge on any atom is 0.247 e. The van der Waals surface area contributed by atoms with Crippen LogP contribution < -0.4 is 20.1 Å². The van der Waals surface area contributed by atoms with Gasteiger partial charge >= 0.3 is 0 Å². The molecule has 0 aromatic heterocycles. The number of hydrogen-bond donors (Lipinski definition) is 2. The van der Waals surface area contributed by atoms with Crippen LogP contribution in [0.3, 0.4) is 0 Å². The number of amides is 2. The molecule has 0 aliphatic heterocycles. The molecule has 0 saturated heterocycles. The Morgan fingerprint density at radius 3 is 2.44 bits per heavy atom. The zero-order chi connectivity index (χ0) is 18.2. The third kappa shape index (κ3) is 5.37. The molecule has 1 aliphatic carbocycles. The molecule has 2 rings (SSSR count). The van der Waals surface area contributed by atoms with Gasteiger partial charge in [-0.05, 0) is 44.7 Å². The van der Waals surface area contributed by atoms with Gasteiger partial charge in [0.1, 0.15) is 17.5 Å². The van der Waals surface area contributed by atoms with E-state index < -0.39 is 6.04 Å². The molecule has 0 heterocycles. The Kier molecular flexibility index (Phi) is 7.10. The van der Waals surface area contributed by atoms with E-state index in [4.69, 9.17) is 9.47 Å². The Labute approximate surface area is 149 Å². The molecular formula is C19H28N2O4. The van der Waals surface area contributed by atoms with E-state index in [1.54, 1.807) is 12.1 Å². The normalized spacial score (nSPS) is 15.5. The fourth-order valence-corrected chi connectivity index (χ4v) is 3.26. The highest BCUT2D eigenvalue weighted by Gasteiger charge is 2.31. The summed E-state index contributed by atoms with van der Waals surface area (Å²) in [4.78, 5) is 24.4. The van der Waals surface area contributed by atoms with Crippen molar-refractivity contribution in [1.82, 2.24) is 5.32 Å². The number of carbonyl (C=O) groups is 2. The predicted molar refractivity (Wildman–Crippen MR) is 97.0 cm³/mol. The molecule has 25 heavy (non-hydrogen) atoms. The molecule has 138 valence electrons. The Hall–Kier alpha value is -2.24. The second kappa shape index (κ2) is 9.30. The lowest BCUT2D eigenvalue weighted by molar-refractivity contribution is -0.126. The van der Waals surface area contributed by atoms with Gasteiger partial charge in [0.2, 0.25) is 11.8 Å². The Bertz CT molecular complexity index is 597. The summed E-state index contributed by atoms with van der Waals surface area (Å²) in [6, 6.07) is 4.83. The van der Waals surface area contributed by atoms with Gasteiger partial charge in [0.15, 0.2) is 0 Å². The van der Waals surface area contributed by atoms with Crippen molar-refractivity contribution in [2.24, 2.45) is 5.92 Å². The topological polar surface area (TPSA) is 76.7 Å². The highest BCUT2D eigenvalue weighted by atomic mass is 16.5. The number of carbonyl (C=O) groups excluding carboxylic acids is 2. The summed E-state index contributed by atoms with van der Waals surface area (Å²) in [6.45, 7) is 6.27. The molecule has 6 nitrogen and oxygen atoms in total. The number of hydrogen-bond acceptors (Lipinski definition) is 4. The minimum atomic E-state index is -0.523. The third-order valence-corrected chi connectivity index (χ3v) is 4.33. The van der Waals surface area contributed by atoms with E-state index in [2.05, 4.69) is 10.6 Å². The van der Waals surface area contributed by atoms with Crippen LogP contribution in [-0.2, 0) is 9.59 Å². The summed E-state index contributed by atoms with van der Waals surface area (Å²) in [5, 5.41) is 5.73. The molecule has 6 heteroatoms. The van der Waals surface area contributed by atoms with Crippen LogP contribution in [0.25, 0.3) is 0 Å². The zero-order valence-electron chi connectivity index (χ0n) is 15.3. The van der Waals surface area contributed by atoms with Crippen molar-refractivity contribution in [3.05, 3.63) is 18.2 Å². The lowest BCUT2D eigenvalue weighted by Gasteiger charge is -2.24. The highest BCUT2D eigenvalue weighted by molar-refractivity contribution is 5.98. The second-order valence-electron chi connectivity index (χ2n) is 6.24. The van der Waals surface area contributed by atoms with Crippen molar-refractivity contribution in [2.45, 2.75) is 52.5 Å². The minimum Gasteiger partial charge on any atom is -0.494 e. The van der Waals surface area contributed by atoms with Crippen molar-refractivity contribution < 1.29 is 19.1 Å². The van der Waals surface area contributed by atoms with E-state index in [9.17, 15) is 9.59 Å². The van der Waals surface area contributed by atoms with E-state index >= 15 is 0 Å². The molecule has 2 amide bonds. The molecule has 0 radical (unpaired) electrons. The largest absolute Gasteiger partial charge is 0.494 e. The molecule has 0 spiro atoms. The standard InChI is InChI=1S/C19H28N2O4/c1-4-24-15-10-11-17(25-5-2)16(12-15)21-19(23)18(20-13(3)22)14-8-6-7-9-14/h10-12,14,18H,4-9H2,1-3H3,(H,20,22)(H,21,23). The molecular weight excluding hydrogens is 320 g/mol. The van der Waals surface area contributed by atoms with Crippen LogP contribution in [0.5, 0.6) is 11.5 Å². The van der Waals surface area contributed by atoms with E-state index in [0.717, 1.165) is 25.7 Å². The van der Waals surface area contributed by atoms with E-state index in [0.29, 0.717) is 30.4 Å². The highest BCUT2D eigenvalue weighted by Crippen LogP contribution is 2.32. The maximum absolute atomic E-state index is 12.8. The van der Waals surface area contributed by atoms with Gasteiger partial charge in [-0.1, -0.05) is 12.8 Å². The van der Waals surface area contributed by atoms with Crippen molar-refractivity contribution in [3.8, 4) is 11.5 Å². The lowest BCUT2D eigenvalue weighted by Crippen LogP contribution is -2.47. The van der Waals surface area contributed by atoms with Crippen LogP contribution in [0.15, 0.2) is 18.2 Å². The first-order chi connectivity index (χ1) is 12.0. The van der Waals surface area contributed by atoms with E-state index in [1.165, 1.54) is 6.92 Å². The van der Waals surface area contributed by atoms with Crippen LogP contribution in [0.1, 0.15) is 46.5 Å². The first-order valence-electron chi connectivity index (χ1n) is 9.02. The van der Waals surface area contributed by atoms with Gasteiger partial charge < -0.3 is 20.1 Å². The van der Waals surface area contributed by atoms with Crippen LogP contribution in [-0.4, -0.2) is 31.1 Å². The second-order valence-corrected chi connectivity index (χ2v) is 6.24. The summed E-state index contributed by atoms with van der Waals surface area (Å²) < 4.78 is 11.1. The van der Waals surface area contributed by atoms with Gasteiger partial charge in [0, 0.05) is 13.0 Å². The summed E-state index contributed by atoms with van der Waals surface area (Å²) >= 11 is 0. The van der Waals surface area contributed by atoms with Gasteiger partial charge in [0.05, 0.1) is 18.9 Å². The lowest BCUT2D eigenvalue weighted by atomic mass is 9.97. The van der Waals surface area contributed by atoms with Gasteiger partial charge in [-0.3, -0.25) is 9.59 Å². The molecule has 1 aromatic carbocycles. The number of rotatable bonds is 8. The van der Waals surface area contributed by atoms with Gasteiger partial charge in [0.25, 0.3) is 0 Å². The van der Waals surface area contributed by atoms with Crippen LogP contribution in [0.4, 0.5) is 5.69 Å². The molecule has 1 aliphatic rings. The first kappa shape index (κ1) is 19.1. The smallest absolute Gasteiger partial charge is 0.247 e. The number of ether oxygens (including phenoxy) is 2. The summed E-state index contributed by atoms with van der Waals surface area (Å²) in [7, 11) is 0. The molecule has 1 atom stereocenters. The zero-order valence-corrected chi connectivity index (χ0v) is 15.3. The summed E-state index contributed by atoms with van der Waals surface area (Å²) in [5.41, 5.74) is 0.561. The fourth-order valence-electron chi connectivity index (χ4n) is 3.26. The average molecular weight is 348 g/mol. The third-order valence-electron chi connectivity index (χ3n) is 4.33. The van der Waals surface area contributed by atoms with Gasteiger partial charge in [-0.15, -0.1) is 0 Å². The van der Waals surface area contributed by atoms with E-state index in [1.807, 2.05) is 19.9 Å². The van der Waals surface area contributed by atoms with Crippen LogP contribution in [0, 0.1) is 5.92 Å². The fraction of sp³-hybridized carbons (Fsp3) is 0.579. The molecule has 1 aromatic rings. The molecule has 0 bridgehead atoms. The quantitative estimate of drug-likeness (QED) is 0.757. The number of benzene rings is 1. The van der Waals surface area contributed by atoms with Gasteiger partial charge in [-0.2, -0.15) is 0 Å². The Morgan fingerprint density at radius 2 is 1.84 bits per heavy atom. The average Bonchev–Trinajstić information content (AvgIpc) is 3.09. The van der Waals surface area contributed by atoms with E-state index in [-0.39, 0.29) is 17.7 Å². The maximum atomic E-state index is 12.8. The first-order valence-corrected chi connectivity index (χ1v) is 9.02. The predicted octanol–water partition coefficient (Wildman–Crippen LogP) is 3.12. The Balaban J connectivity index is 2.20. The molecule has 1 saturated carbocycles. The number of nitrogens with one attached hydrogen (secondary N) is 2. The molecule has 2 N–H and O–H groups in total. The SMILES string of the molecule is CCOc1ccc(OCC)c(NC(=O)C(NC(C)=O)C2CCCC2)c1. The summed E-state index contributed by atoms with van der Waals surface area (Å²) in [5.74, 6) is 1.02. The number of anilines is 1. The summed E-state index contributed by atoms with van der Waals surface area (Å²) in [6.07, 6.45) is 4.10.